The smallest absolute Gasteiger partial charge is 0.245 e. The largest absolute Gasteiger partial charge is 0.400 e. The van der Waals surface area contributed by atoms with Crippen LogP contribution in [0.3, 0.4) is 0 Å². The summed E-state index contributed by atoms with van der Waals surface area (Å²) in [7, 11) is -3.60. The summed E-state index contributed by atoms with van der Waals surface area (Å²) in [4.78, 5) is 0. The zero-order valence-corrected chi connectivity index (χ0v) is 6.13. The van der Waals surface area contributed by atoms with Crippen molar-refractivity contribution in [3.05, 3.63) is 0 Å². The van der Waals surface area contributed by atoms with Crippen molar-refractivity contribution in [2.24, 2.45) is 5.92 Å². The molecule has 0 radical (unpaired) electrons. The van der Waals surface area contributed by atoms with Gasteiger partial charge in [-0.2, -0.15) is 8.42 Å². The molecule has 1 atom stereocenters. The van der Waals surface area contributed by atoms with Crippen molar-refractivity contribution in [1.82, 2.24) is 0 Å². The Morgan fingerprint density at radius 3 is 2.40 bits per heavy atom. The van der Waals surface area contributed by atoms with Crippen molar-refractivity contribution in [2.75, 3.05) is 6.61 Å². The van der Waals surface area contributed by atoms with Crippen LogP contribution in [-0.4, -0.2) is 21.1 Å². The predicted molar refractivity (Wildman–Crippen MR) is 32.5 cm³/mol. The van der Waals surface area contributed by atoms with Gasteiger partial charge in [0.2, 0.25) is 0 Å². The highest BCUT2D eigenvalue weighted by molar-refractivity contribution is 7.82. The molecule has 1 aliphatic carbocycles. The van der Waals surface area contributed by atoms with Crippen LogP contribution in [0.4, 0.5) is 0 Å². The van der Waals surface area contributed by atoms with E-state index < -0.39 is 10.4 Å². The minimum Gasteiger partial charge on any atom is -0.245 e. The van der Waals surface area contributed by atoms with E-state index in [1.165, 1.54) is 0 Å². The second kappa shape index (κ2) is 1.93. The number of hydrogen-bond acceptors (Lipinski definition) is 4. The van der Waals surface area contributed by atoms with Gasteiger partial charge in [-0.3, -0.25) is 0 Å². The highest BCUT2D eigenvalue weighted by Crippen LogP contribution is 2.37. The Kier molecular flexibility index (Phi) is 1.27. The molecule has 1 aliphatic heterocycles. The standard InChI is InChI=1S/C5H8O4S/c6-10(7)8-3-5(9-10)4-1-2-4/h4-5H,1-3H2. The maximum absolute atomic E-state index is 10.5. The molecule has 58 valence electrons. The first-order valence-electron chi connectivity index (χ1n) is 3.25. The van der Waals surface area contributed by atoms with Gasteiger partial charge in [0.05, 0.1) is 6.61 Å². The monoisotopic (exact) mass is 164 g/mol. The van der Waals surface area contributed by atoms with E-state index in [0.29, 0.717) is 5.92 Å². The van der Waals surface area contributed by atoms with Crippen LogP contribution >= 0.6 is 0 Å². The molecule has 0 N–H and O–H groups in total. The van der Waals surface area contributed by atoms with E-state index in [0.717, 1.165) is 12.8 Å². The van der Waals surface area contributed by atoms with Crippen LogP contribution in [-0.2, 0) is 18.8 Å². The molecule has 4 nitrogen and oxygen atoms in total. The zero-order chi connectivity index (χ0) is 7.19. The molecule has 2 fully saturated rings. The molecular formula is C5H8O4S. The molecule has 1 saturated carbocycles. The summed E-state index contributed by atoms with van der Waals surface area (Å²) in [6, 6.07) is 0. The lowest BCUT2D eigenvalue weighted by atomic mass is 10.2. The quantitative estimate of drug-likeness (QED) is 0.549. The molecule has 1 heterocycles. The Bertz CT molecular complexity index is 228. The van der Waals surface area contributed by atoms with Crippen molar-refractivity contribution >= 4 is 10.4 Å². The summed E-state index contributed by atoms with van der Waals surface area (Å²) >= 11 is 0. The molecular weight excluding hydrogens is 156 g/mol. The Balaban J connectivity index is 2.05. The lowest BCUT2D eigenvalue weighted by Crippen LogP contribution is -2.11. The van der Waals surface area contributed by atoms with Crippen molar-refractivity contribution in [3.8, 4) is 0 Å². The van der Waals surface area contributed by atoms with Gasteiger partial charge in [0.15, 0.2) is 0 Å². The zero-order valence-electron chi connectivity index (χ0n) is 5.32. The summed E-state index contributed by atoms with van der Waals surface area (Å²) in [5, 5.41) is 0. The Hall–Kier alpha value is -0.130. The van der Waals surface area contributed by atoms with Crippen molar-refractivity contribution in [2.45, 2.75) is 18.9 Å². The lowest BCUT2D eigenvalue weighted by molar-refractivity contribution is 0.210. The Morgan fingerprint density at radius 2 is 2.00 bits per heavy atom. The highest BCUT2D eigenvalue weighted by atomic mass is 32.3. The SMILES string of the molecule is O=S1(=O)OCC(C2CC2)O1. The van der Waals surface area contributed by atoms with Gasteiger partial charge in [-0.1, -0.05) is 0 Å². The van der Waals surface area contributed by atoms with Gasteiger partial charge in [0, 0.05) is 0 Å². The second-order valence-electron chi connectivity index (χ2n) is 2.66. The van der Waals surface area contributed by atoms with E-state index in [1.54, 1.807) is 0 Å². The summed E-state index contributed by atoms with van der Waals surface area (Å²) in [6.07, 6.45) is 1.96. The van der Waals surface area contributed by atoms with Gasteiger partial charge in [-0.05, 0) is 18.8 Å². The average molecular weight is 164 g/mol. The third-order valence-electron chi connectivity index (χ3n) is 1.77. The molecule has 0 spiro atoms. The Morgan fingerprint density at radius 1 is 1.30 bits per heavy atom. The van der Waals surface area contributed by atoms with Crippen LogP contribution < -0.4 is 0 Å². The fraction of sp³-hybridized carbons (Fsp3) is 1.00. The van der Waals surface area contributed by atoms with Gasteiger partial charge in [-0.25, -0.2) is 8.37 Å². The van der Waals surface area contributed by atoms with E-state index in [1.807, 2.05) is 0 Å². The summed E-state index contributed by atoms with van der Waals surface area (Å²) < 4.78 is 30.1. The van der Waals surface area contributed by atoms with E-state index in [4.69, 9.17) is 0 Å². The van der Waals surface area contributed by atoms with E-state index in [-0.39, 0.29) is 12.7 Å². The fourth-order valence-electron chi connectivity index (χ4n) is 1.04. The molecule has 2 rings (SSSR count). The first-order chi connectivity index (χ1) is 4.67. The maximum Gasteiger partial charge on any atom is 0.400 e. The molecule has 1 saturated heterocycles. The molecule has 0 aromatic carbocycles. The molecule has 5 heteroatoms. The predicted octanol–water partition coefficient (Wildman–Crippen LogP) is 0.0566. The maximum atomic E-state index is 10.5. The van der Waals surface area contributed by atoms with Crippen molar-refractivity contribution in [3.63, 3.8) is 0 Å². The van der Waals surface area contributed by atoms with Crippen LogP contribution in [0.1, 0.15) is 12.8 Å². The topological polar surface area (TPSA) is 52.6 Å². The lowest BCUT2D eigenvalue weighted by Gasteiger charge is -1.98. The van der Waals surface area contributed by atoms with Crippen LogP contribution in [0.2, 0.25) is 0 Å². The fourth-order valence-corrected chi connectivity index (χ4v) is 1.91. The van der Waals surface area contributed by atoms with Gasteiger partial charge in [-0.15, -0.1) is 0 Å². The first-order valence-corrected chi connectivity index (χ1v) is 4.58. The molecule has 0 aromatic rings. The first kappa shape index (κ1) is 6.57. The summed E-state index contributed by atoms with van der Waals surface area (Å²) in [6.45, 7) is 0.215. The summed E-state index contributed by atoms with van der Waals surface area (Å²) in [5.41, 5.74) is 0. The molecule has 2 aliphatic rings. The van der Waals surface area contributed by atoms with Gasteiger partial charge in [0.25, 0.3) is 0 Å². The van der Waals surface area contributed by atoms with Gasteiger partial charge >= 0.3 is 10.4 Å². The van der Waals surface area contributed by atoms with Crippen molar-refractivity contribution < 1.29 is 16.8 Å². The van der Waals surface area contributed by atoms with Crippen LogP contribution in [0.15, 0.2) is 0 Å². The molecule has 0 bridgehead atoms. The van der Waals surface area contributed by atoms with E-state index in [9.17, 15) is 8.42 Å². The van der Waals surface area contributed by atoms with E-state index in [2.05, 4.69) is 8.37 Å². The van der Waals surface area contributed by atoms with E-state index >= 15 is 0 Å². The normalized spacial score (nSPS) is 38.2. The van der Waals surface area contributed by atoms with Crippen molar-refractivity contribution in [1.29, 1.82) is 0 Å². The Labute approximate surface area is 59.5 Å². The minimum atomic E-state index is -3.60. The molecule has 0 amide bonds. The van der Waals surface area contributed by atoms with Gasteiger partial charge < -0.3 is 0 Å². The molecule has 1 unspecified atom stereocenters. The number of hydrogen-bond donors (Lipinski definition) is 0. The van der Waals surface area contributed by atoms with Gasteiger partial charge in [0.1, 0.15) is 6.10 Å². The third-order valence-corrected chi connectivity index (χ3v) is 2.67. The third kappa shape index (κ3) is 1.16. The number of rotatable bonds is 1. The molecule has 0 aromatic heterocycles. The van der Waals surface area contributed by atoms with Crippen LogP contribution in [0, 0.1) is 5.92 Å². The minimum absolute atomic E-state index is 0.190. The van der Waals surface area contributed by atoms with Crippen LogP contribution in [0.25, 0.3) is 0 Å². The van der Waals surface area contributed by atoms with Crippen LogP contribution in [0.5, 0.6) is 0 Å². The molecule has 10 heavy (non-hydrogen) atoms. The average Bonchev–Trinajstić information content (AvgIpc) is 2.59. The second-order valence-corrected chi connectivity index (χ2v) is 3.91. The summed E-state index contributed by atoms with van der Waals surface area (Å²) in [5.74, 6) is 0.428. The highest BCUT2D eigenvalue weighted by Gasteiger charge is 2.41.